The molecule has 0 radical (unpaired) electrons. The fourth-order valence-electron chi connectivity index (χ4n) is 4.00. The van der Waals surface area contributed by atoms with Gasteiger partial charge in [-0.2, -0.15) is 4.98 Å². The minimum absolute atomic E-state index is 0.158. The monoisotopic (exact) mass is 487 g/mol. The Labute approximate surface area is 207 Å². The first-order valence-corrected chi connectivity index (χ1v) is 11.3. The fraction of sp³-hybridized carbons (Fsp3) is 0.154. The maximum atomic E-state index is 12.9. The number of aliphatic imine (C=N–C) groups is 1. The number of hydrogen-bond donors (Lipinski definition) is 1. The van der Waals surface area contributed by atoms with Crippen LogP contribution in [0.5, 0.6) is 11.5 Å². The van der Waals surface area contributed by atoms with Crippen LogP contribution in [0, 0.1) is 0 Å². The van der Waals surface area contributed by atoms with Gasteiger partial charge in [-0.3, -0.25) is 10.1 Å². The number of amides is 1. The molecular weight excluding hydrogens is 466 g/mol. The molecule has 8 nitrogen and oxygen atoms in total. The number of hydrogen-bond acceptors (Lipinski definition) is 6. The molecule has 1 atom stereocenters. The molecule has 0 saturated heterocycles. The van der Waals surface area contributed by atoms with Crippen LogP contribution in [0.2, 0.25) is 5.02 Å². The molecule has 3 aromatic carbocycles. The Bertz CT molecular complexity index is 1400. The molecule has 1 unspecified atom stereocenters. The number of anilines is 1. The molecule has 5 rings (SSSR count). The first kappa shape index (κ1) is 22.6. The molecule has 0 bridgehead atoms. The van der Waals surface area contributed by atoms with E-state index < -0.39 is 0 Å². The number of rotatable bonds is 6. The van der Waals surface area contributed by atoms with Crippen LogP contribution in [-0.4, -0.2) is 40.6 Å². The van der Waals surface area contributed by atoms with E-state index in [0.717, 1.165) is 16.8 Å². The summed E-state index contributed by atoms with van der Waals surface area (Å²) in [5.41, 5.74) is 3.31. The van der Waals surface area contributed by atoms with Crippen molar-refractivity contribution >= 4 is 35.1 Å². The van der Waals surface area contributed by atoms with Crippen molar-refractivity contribution < 1.29 is 14.3 Å². The van der Waals surface area contributed by atoms with E-state index >= 15 is 0 Å². The number of benzene rings is 3. The quantitative estimate of drug-likeness (QED) is 0.397. The van der Waals surface area contributed by atoms with Crippen molar-refractivity contribution in [1.29, 1.82) is 0 Å². The molecular formula is C26H22ClN5O3. The summed E-state index contributed by atoms with van der Waals surface area (Å²) in [5.74, 6) is 1.20. The average Bonchev–Trinajstić information content (AvgIpc) is 3.31. The third-order valence-corrected chi connectivity index (χ3v) is 6.01. The van der Waals surface area contributed by atoms with Crippen molar-refractivity contribution in [1.82, 2.24) is 14.8 Å². The molecule has 0 fully saturated rings. The summed E-state index contributed by atoms with van der Waals surface area (Å²) in [5, 5.41) is 8.01. The van der Waals surface area contributed by atoms with Crippen LogP contribution in [0.1, 0.15) is 33.9 Å². The molecule has 35 heavy (non-hydrogen) atoms. The zero-order chi connectivity index (χ0) is 24.4. The van der Waals surface area contributed by atoms with Crippen LogP contribution in [0.25, 0.3) is 0 Å². The second kappa shape index (κ2) is 9.60. The van der Waals surface area contributed by atoms with E-state index in [0.29, 0.717) is 34.5 Å². The molecule has 1 aromatic heterocycles. The number of carbonyl (C=O) groups is 1. The Hall–Kier alpha value is -4.17. The summed E-state index contributed by atoms with van der Waals surface area (Å²) in [7, 11) is 3.06. The van der Waals surface area contributed by atoms with Crippen molar-refractivity contribution in [2.24, 2.45) is 4.99 Å². The van der Waals surface area contributed by atoms with Gasteiger partial charge in [0, 0.05) is 17.0 Å². The van der Waals surface area contributed by atoms with E-state index in [9.17, 15) is 4.79 Å². The molecule has 4 aromatic rings. The Morgan fingerprint density at radius 1 is 1.00 bits per heavy atom. The maximum Gasteiger partial charge on any atom is 0.258 e. The molecule has 1 N–H and O–H groups in total. The Morgan fingerprint density at radius 3 is 2.46 bits per heavy atom. The lowest BCUT2D eigenvalue weighted by molar-refractivity contribution is 0.102. The molecule has 1 aliphatic heterocycles. The number of fused-ring (bicyclic) bond motifs is 1. The highest BCUT2D eigenvalue weighted by atomic mass is 35.5. The molecule has 0 saturated carbocycles. The predicted octanol–water partition coefficient (Wildman–Crippen LogP) is 5.31. The summed E-state index contributed by atoms with van der Waals surface area (Å²) in [6, 6.07) is 22.3. The minimum Gasteiger partial charge on any atom is -0.493 e. The first-order valence-electron chi connectivity index (χ1n) is 10.9. The Kier molecular flexibility index (Phi) is 6.20. The summed E-state index contributed by atoms with van der Waals surface area (Å²) >= 11 is 6.11. The molecule has 176 valence electrons. The first-order chi connectivity index (χ1) is 17.1. The van der Waals surface area contributed by atoms with E-state index in [1.54, 1.807) is 30.0 Å². The molecule has 0 aliphatic carbocycles. The highest BCUT2D eigenvalue weighted by Crippen LogP contribution is 2.34. The normalized spacial score (nSPS) is 14.6. The van der Waals surface area contributed by atoms with Crippen LogP contribution in [0.3, 0.4) is 0 Å². The summed E-state index contributed by atoms with van der Waals surface area (Å²) in [4.78, 5) is 22.2. The van der Waals surface area contributed by atoms with E-state index in [1.807, 2.05) is 54.6 Å². The van der Waals surface area contributed by atoms with Crippen LogP contribution in [0.4, 0.5) is 11.9 Å². The van der Waals surface area contributed by atoms with Gasteiger partial charge in [0.15, 0.2) is 11.5 Å². The number of aromatic nitrogens is 3. The summed E-state index contributed by atoms with van der Waals surface area (Å²) < 4.78 is 12.3. The summed E-state index contributed by atoms with van der Waals surface area (Å²) in [6.07, 6.45) is 0.616. The van der Waals surface area contributed by atoms with Crippen molar-refractivity contribution in [2.75, 3.05) is 19.5 Å². The number of methoxy groups -OCH3 is 2. The van der Waals surface area contributed by atoms with E-state index in [1.165, 1.54) is 7.11 Å². The van der Waals surface area contributed by atoms with Crippen molar-refractivity contribution in [3.63, 3.8) is 0 Å². The summed E-state index contributed by atoms with van der Waals surface area (Å²) in [6.45, 7) is 0. The van der Waals surface area contributed by atoms with Gasteiger partial charge in [0.1, 0.15) is 0 Å². The minimum atomic E-state index is -0.371. The number of carbonyl (C=O) groups excluding carboxylic acids is 1. The topological polar surface area (TPSA) is 90.6 Å². The van der Waals surface area contributed by atoms with Gasteiger partial charge in [-0.1, -0.05) is 54.1 Å². The highest BCUT2D eigenvalue weighted by molar-refractivity contribution is 6.30. The SMILES string of the molecule is COc1ccc(C(=O)Nc2nc3n(n2)C(c2ccc(Cl)cc2)CC(c2ccccc2)=N3)cc1OC. The zero-order valence-electron chi connectivity index (χ0n) is 19.1. The number of nitrogens with one attached hydrogen (secondary N) is 1. The van der Waals surface area contributed by atoms with E-state index in [4.69, 9.17) is 26.1 Å². The molecule has 0 spiro atoms. The maximum absolute atomic E-state index is 12.9. The third kappa shape index (κ3) is 4.61. The van der Waals surface area contributed by atoms with Gasteiger partial charge in [0.25, 0.3) is 17.8 Å². The van der Waals surface area contributed by atoms with E-state index in [-0.39, 0.29) is 17.9 Å². The third-order valence-electron chi connectivity index (χ3n) is 5.76. The van der Waals surface area contributed by atoms with Crippen LogP contribution in [0.15, 0.2) is 77.8 Å². The second-order valence-corrected chi connectivity index (χ2v) is 8.34. The smallest absolute Gasteiger partial charge is 0.258 e. The van der Waals surface area contributed by atoms with Crippen LogP contribution < -0.4 is 14.8 Å². The molecule has 2 heterocycles. The predicted molar refractivity (Wildman–Crippen MR) is 134 cm³/mol. The van der Waals surface area contributed by atoms with Gasteiger partial charge < -0.3 is 9.47 Å². The van der Waals surface area contributed by atoms with Crippen LogP contribution >= 0.6 is 11.6 Å². The number of ether oxygens (including phenoxy) is 2. The molecule has 1 aliphatic rings. The van der Waals surface area contributed by atoms with Crippen LogP contribution in [-0.2, 0) is 0 Å². The second-order valence-electron chi connectivity index (χ2n) is 7.90. The fourth-order valence-corrected chi connectivity index (χ4v) is 4.12. The van der Waals surface area contributed by atoms with Gasteiger partial charge in [-0.15, -0.1) is 5.10 Å². The lowest BCUT2D eigenvalue weighted by Crippen LogP contribution is -2.21. The molecule has 9 heteroatoms. The van der Waals surface area contributed by atoms with Gasteiger partial charge in [-0.25, -0.2) is 9.67 Å². The average molecular weight is 488 g/mol. The molecule has 1 amide bonds. The van der Waals surface area contributed by atoms with Crippen molar-refractivity contribution in [3.05, 3.63) is 94.5 Å². The van der Waals surface area contributed by atoms with Crippen molar-refractivity contribution in [3.8, 4) is 11.5 Å². The van der Waals surface area contributed by atoms with E-state index in [2.05, 4.69) is 15.4 Å². The lowest BCUT2D eigenvalue weighted by atomic mass is 9.96. The van der Waals surface area contributed by atoms with Gasteiger partial charge in [0.2, 0.25) is 0 Å². The largest absolute Gasteiger partial charge is 0.493 e. The van der Waals surface area contributed by atoms with Gasteiger partial charge in [0.05, 0.1) is 26.0 Å². The Balaban J connectivity index is 1.49. The zero-order valence-corrected chi connectivity index (χ0v) is 19.9. The van der Waals surface area contributed by atoms with Gasteiger partial charge >= 0.3 is 0 Å². The lowest BCUT2D eigenvalue weighted by Gasteiger charge is -2.23. The highest BCUT2D eigenvalue weighted by Gasteiger charge is 2.28. The number of halogens is 1. The van der Waals surface area contributed by atoms with Gasteiger partial charge in [-0.05, 0) is 41.5 Å². The Morgan fingerprint density at radius 2 is 1.74 bits per heavy atom. The standard InChI is InChI=1S/C26H22ClN5O3/c1-34-22-13-10-18(14-23(22)35-2)24(33)29-25-30-26-28-20(16-6-4-3-5-7-16)15-21(32(26)31-25)17-8-11-19(27)12-9-17/h3-14,21H,15H2,1-2H3,(H,29,31,33). The van der Waals surface area contributed by atoms with Crippen molar-refractivity contribution in [2.45, 2.75) is 12.5 Å². The number of nitrogens with zero attached hydrogens (tertiary/aromatic N) is 4.